The second kappa shape index (κ2) is 5.67. The molecule has 17 heavy (non-hydrogen) atoms. The molecule has 96 valence electrons. The first-order chi connectivity index (χ1) is 8.22. The van der Waals surface area contributed by atoms with Crippen LogP contribution in [0.4, 0.5) is 0 Å². The van der Waals surface area contributed by atoms with E-state index in [0.717, 1.165) is 25.5 Å². The molecule has 0 aliphatic carbocycles. The van der Waals surface area contributed by atoms with Crippen molar-refractivity contribution in [1.29, 1.82) is 0 Å². The van der Waals surface area contributed by atoms with Gasteiger partial charge in [-0.3, -0.25) is 4.90 Å². The number of hydrogen-bond donors (Lipinski definition) is 1. The van der Waals surface area contributed by atoms with Crippen molar-refractivity contribution < 1.29 is 9.15 Å². The van der Waals surface area contributed by atoms with Gasteiger partial charge in [0.25, 0.3) is 0 Å². The monoisotopic (exact) mass is 238 g/mol. The summed E-state index contributed by atoms with van der Waals surface area (Å²) in [4.78, 5) is 2.41. The Balaban J connectivity index is 2.03. The molecule has 0 bridgehead atoms. The zero-order valence-corrected chi connectivity index (χ0v) is 10.6. The van der Waals surface area contributed by atoms with Gasteiger partial charge in [-0.05, 0) is 37.9 Å². The number of methoxy groups -OCH3 is 1. The zero-order valence-electron chi connectivity index (χ0n) is 10.6. The molecule has 3 atom stereocenters. The highest BCUT2D eigenvalue weighted by molar-refractivity contribution is 5.08. The third-order valence-electron chi connectivity index (χ3n) is 3.45. The molecular formula is C13H22N2O2. The Kier molecular flexibility index (Phi) is 4.20. The van der Waals surface area contributed by atoms with E-state index < -0.39 is 0 Å². The molecule has 2 N–H and O–H groups in total. The predicted molar refractivity (Wildman–Crippen MR) is 66.7 cm³/mol. The van der Waals surface area contributed by atoms with E-state index >= 15 is 0 Å². The lowest BCUT2D eigenvalue weighted by molar-refractivity contribution is 0.138. The molecule has 2 rings (SSSR count). The molecule has 3 unspecified atom stereocenters. The zero-order chi connectivity index (χ0) is 12.3. The molecular weight excluding hydrogens is 216 g/mol. The smallest absolute Gasteiger partial charge is 0.122 e. The summed E-state index contributed by atoms with van der Waals surface area (Å²) in [5.74, 6) is 1.59. The van der Waals surface area contributed by atoms with Crippen molar-refractivity contribution in [2.45, 2.75) is 25.4 Å². The van der Waals surface area contributed by atoms with Crippen molar-refractivity contribution in [3.8, 4) is 0 Å². The Hall–Kier alpha value is -0.840. The molecule has 0 spiro atoms. The highest BCUT2D eigenvalue weighted by Crippen LogP contribution is 2.29. The fourth-order valence-corrected chi connectivity index (χ4v) is 2.72. The summed E-state index contributed by atoms with van der Waals surface area (Å²) in [5.41, 5.74) is 6.09. The molecule has 1 saturated heterocycles. The summed E-state index contributed by atoms with van der Waals surface area (Å²) < 4.78 is 10.7. The minimum atomic E-state index is 0.0717. The topological polar surface area (TPSA) is 51.6 Å². The Morgan fingerprint density at radius 1 is 1.65 bits per heavy atom. The fraction of sp³-hybridized carbons (Fsp3) is 0.692. The molecule has 1 aromatic heterocycles. The van der Waals surface area contributed by atoms with E-state index in [1.54, 1.807) is 13.4 Å². The van der Waals surface area contributed by atoms with Crippen molar-refractivity contribution in [1.82, 2.24) is 4.90 Å². The number of rotatable bonds is 5. The van der Waals surface area contributed by atoms with E-state index in [0.29, 0.717) is 5.92 Å². The largest absolute Gasteiger partial charge is 0.468 e. The van der Waals surface area contributed by atoms with Gasteiger partial charge in [0.05, 0.1) is 18.9 Å². The number of likely N-dealkylation sites (tertiary alicyclic amines) is 1. The summed E-state index contributed by atoms with van der Waals surface area (Å²) in [6, 6.07) is 4.19. The van der Waals surface area contributed by atoms with Crippen molar-refractivity contribution in [3.63, 3.8) is 0 Å². The lowest BCUT2D eigenvalue weighted by Crippen LogP contribution is -2.38. The molecule has 0 saturated carbocycles. The Morgan fingerprint density at radius 2 is 2.47 bits per heavy atom. The lowest BCUT2D eigenvalue weighted by atomic mass is 10.1. The molecule has 1 fully saturated rings. The second-order valence-corrected chi connectivity index (χ2v) is 4.92. The summed E-state index contributed by atoms with van der Waals surface area (Å²) in [7, 11) is 1.76. The maximum Gasteiger partial charge on any atom is 0.122 e. The first-order valence-corrected chi connectivity index (χ1v) is 6.24. The van der Waals surface area contributed by atoms with Crippen LogP contribution in [-0.4, -0.2) is 37.7 Å². The molecule has 0 aromatic carbocycles. The Bertz CT molecular complexity index is 324. The first-order valence-electron chi connectivity index (χ1n) is 6.24. The van der Waals surface area contributed by atoms with Gasteiger partial charge in [0.2, 0.25) is 0 Å². The number of ether oxygens (including phenoxy) is 1. The Morgan fingerprint density at radius 3 is 3.06 bits per heavy atom. The number of furan rings is 1. The first kappa shape index (κ1) is 12.6. The van der Waals surface area contributed by atoms with Gasteiger partial charge in [0.15, 0.2) is 0 Å². The van der Waals surface area contributed by atoms with Gasteiger partial charge in [-0.15, -0.1) is 0 Å². The minimum Gasteiger partial charge on any atom is -0.468 e. The third kappa shape index (κ3) is 2.89. The number of hydrogen-bond acceptors (Lipinski definition) is 4. The molecule has 4 nitrogen and oxygen atoms in total. The average molecular weight is 238 g/mol. The van der Waals surface area contributed by atoms with Crippen molar-refractivity contribution in [3.05, 3.63) is 24.2 Å². The van der Waals surface area contributed by atoms with E-state index in [1.165, 1.54) is 6.42 Å². The molecule has 0 radical (unpaired) electrons. The van der Waals surface area contributed by atoms with E-state index in [4.69, 9.17) is 14.9 Å². The SMILES string of the molecule is COCC1CCN(C(c2ccco2)C(C)N)C1. The van der Waals surface area contributed by atoms with Crippen LogP contribution in [0.5, 0.6) is 0 Å². The van der Waals surface area contributed by atoms with Crippen LogP contribution in [-0.2, 0) is 4.74 Å². The van der Waals surface area contributed by atoms with Crippen LogP contribution in [0.25, 0.3) is 0 Å². The highest BCUT2D eigenvalue weighted by atomic mass is 16.5. The van der Waals surface area contributed by atoms with Crippen LogP contribution in [0, 0.1) is 5.92 Å². The summed E-state index contributed by atoms with van der Waals surface area (Å²) >= 11 is 0. The molecule has 1 aliphatic rings. The second-order valence-electron chi connectivity index (χ2n) is 4.92. The van der Waals surface area contributed by atoms with Gasteiger partial charge in [0, 0.05) is 19.7 Å². The quantitative estimate of drug-likeness (QED) is 0.847. The summed E-state index contributed by atoms with van der Waals surface area (Å²) in [5, 5.41) is 0. The summed E-state index contributed by atoms with van der Waals surface area (Å²) in [6.45, 7) is 4.98. The maximum absolute atomic E-state index is 6.09. The van der Waals surface area contributed by atoms with E-state index in [1.807, 2.05) is 19.1 Å². The van der Waals surface area contributed by atoms with Gasteiger partial charge in [-0.1, -0.05) is 0 Å². The van der Waals surface area contributed by atoms with E-state index in [9.17, 15) is 0 Å². The van der Waals surface area contributed by atoms with Crippen LogP contribution in [0.2, 0.25) is 0 Å². The van der Waals surface area contributed by atoms with Gasteiger partial charge in [-0.2, -0.15) is 0 Å². The van der Waals surface area contributed by atoms with Crippen LogP contribution >= 0.6 is 0 Å². The average Bonchev–Trinajstić information content (AvgIpc) is 2.91. The predicted octanol–water partition coefficient (Wildman–Crippen LogP) is 1.64. The van der Waals surface area contributed by atoms with Crippen molar-refractivity contribution in [2.75, 3.05) is 26.8 Å². The fourth-order valence-electron chi connectivity index (χ4n) is 2.72. The van der Waals surface area contributed by atoms with Crippen LogP contribution < -0.4 is 5.73 Å². The molecule has 1 aromatic rings. The van der Waals surface area contributed by atoms with E-state index in [-0.39, 0.29) is 12.1 Å². The molecule has 1 aliphatic heterocycles. The molecule has 0 amide bonds. The van der Waals surface area contributed by atoms with Crippen molar-refractivity contribution >= 4 is 0 Å². The minimum absolute atomic E-state index is 0.0717. The van der Waals surface area contributed by atoms with Gasteiger partial charge in [0.1, 0.15) is 5.76 Å². The van der Waals surface area contributed by atoms with E-state index in [2.05, 4.69) is 4.90 Å². The Labute approximate surface area is 103 Å². The standard InChI is InChI=1S/C13H22N2O2/c1-10(14)13(12-4-3-7-17-12)15-6-5-11(8-15)9-16-2/h3-4,7,10-11,13H,5-6,8-9,14H2,1-2H3. The third-order valence-corrected chi connectivity index (χ3v) is 3.45. The lowest BCUT2D eigenvalue weighted by Gasteiger charge is -2.29. The molecule has 2 heterocycles. The normalized spacial score (nSPS) is 25.0. The summed E-state index contributed by atoms with van der Waals surface area (Å²) in [6.07, 6.45) is 2.89. The number of nitrogens with two attached hydrogens (primary N) is 1. The van der Waals surface area contributed by atoms with Gasteiger partial charge < -0.3 is 14.9 Å². The van der Waals surface area contributed by atoms with Crippen molar-refractivity contribution in [2.24, 2.45) is 11.7 Å². The maximum atomic E-state index is 6.09. The molecule has 4 heteroatoms. The van der Waals surface area contributed by atoms with Crippen LogP contribution in [0.3, 0.4) is 0 Å². The van der Waals surface area contributed by atoms with Crippen LogP contribution in [0.15, 0.2) is 22.8 Å². The van der Waals surface area contributed by atoms with Gasteiger partial charge >= 0.3 is 0 Å². The number of nitrogens with zero attached hydrogens (tertiary/aromatic N) is 1. The van der Waals surface area contributed by atoms with Crippen LogP contribution in [0.1, 0.15) is 25.1 Å². The van der Waals surface area contributed by atoms with Gasteiger partial charge in [-0.25, -0.2) is 0 Å². The highest BCUT2D eigenvalue weighted by Gasteiger charge is 2.32.